The summed E-state index contributed by atoms with van der Waals surface area (Å²) >= 11 is 0. The second kappa shape index (κ2) is 5.53. The average molecular weight is 257 g/mol. The number of hydrogen-bond acceptors (Lipinski definition) is 4. The SMILES string of the molecule is CCc1ccc2ncnc(NCC3CCCO3)c2c1. The Bertz CT molecular complexity index is 564. The summed E-state index contributed by atoms with van der Waals surface area (Å²) in [5.41, 5.74) is 2.30. The highest BCUT2D eigenvalue weighted by atomic mass is 16.5. The normalized spacial score (nSPS) is 18.9. The van der Waals surface area contributed by atoms with E-state index in [1.54, 1.807) is 6.33 Å². The molecule has 100 valence electrons. The van der Waals surface area contributed by atoms with Gasteiger partial charge in [-0.2, -0.15) is 0 Å². The van der Waals surface area contributed by atoms with Crippen molar-refractivity contribution in [3.8, 4) is 0 Å². The second-order valence-corrected chi connectivity index (χ2v) is 4.94. The molecule has 0 bridgehead atoms. The lowest BCUT2D eigenvalue weighted by Gasteiger charge is -2.13. The molecule has 2 aromatic rings. The van der Waals surface area contributed by atoms with Crippen LogP contribution in [0.4, 0.5) is 5.82 Å². The van der Waals surface area contributed by atoms with Crippen LogP contribution in [-0.2, 0) is 11.2 Å². The zero-order valence-electron chi connectivity index (χ0n) is 11.2. The molecular weight excluding hydrogens is 238 g/mol. The van der Waals surface area contributed by atoms with Crippen molar-refractivity contribution in [3.05, 3.63) is 30.1 Å². The number of aryl methyl sites for hydroxylation is 1. The summed E-state index contributed by atoms with van der Waals surface area (Å²) in [4.78, 5) is 8.68. The molecular formula is C15H19N3O. The first-order valence-electron chi connectivity index (χ1n) is 6.96. The maximum Gasteiger partial charge on any atom is 0.137 e. The molecule has 3 rings (SSSR count). The number of nitrogens with one attached hydrogen (secondary N) is 1. The van der Waals surface area contributed by atoms with Gasteiger partial charge in [-0.1, -0.05) is 13.0 Å². The van der Waals surface area contributed by atoms with Crippen molar-refractivity contribution in [1.29, 1.82) is 0 Å². The van der Waals surface area contributed by atoms with Gasteiger partial charge in [0.15, 0.2) is 0 Å². The number of aromatic nitrogens is 2. The first-order chi connectivity index (χ1) is 9.36. The summed E-state index contributed by atoms with van der Waals surface area (Å²) in [6.07, 6.45) is 5.26. The van der Waals surface area contributed by atoms with Crippen LogP contribution in [-0.4, -0.2) is 29.2 Å². The zero-order chi connectivity index (χ0) is 13.1. The maximum atomic E-state index is 5.63. The Kier molecular flexibility index (Phi) is 3.60. The Hall–Kier alpha value is -1.68. The lowest BCUT2D eigenvalue weighted by Crippen LogP contribution is -2.19. The lowest BCUT2D eigenvalue weighted by atomic mass is 10.1. The average Bonchev–Trinajstić information content (AvgIpc) is 2.97. The van der Waals surface area contributed by atoms with E-state index >= 15 is 0 Å². The Morgan fingerprint density at radius 2 is 2.32 bits per heavy atom. The number of hydrogen-bond donors (Lipinski definition) is 1. The number of benzene rings is 1. The first-order valence-corrected chi connectivity index (χ1v) is 6.96. The molecule has 0 aliphatic carbocycles. The fourth-order valence-corrected chi connectivity index (χ4v) is 2.48. The van der Waals surface area contributed by atoms with Gasteiger partial charge in [-0.05, 0) is 37.0 Å². The summed E-state index contributed by atoms with van der Waals surface area (Å²) in [6.45, 7) is 3.86. The number of nitrogens with zero attached hydrogens (tertiary/aromatic N) is 2. The van der Waals surface area contributed by atoms with E-state index in [1.165, 1.54) is 5.56 Å². The van der Waals surface area contributed by atoms with Crippen LogP contribution >= 0.6 is 0 Å². The van der Waals surface area contributed by atoms with Gasteiger partial charge >= 0.3 is 0 Å². The first kappa shape index (κ1) is 12.4. The van der Waals surface area contributed by atoms with Crippen LogP contribution < -0.4 is 5.32 Å². The minimum atomic E-state index is 0.319. The highest BCUT2D eigenvalue weighted by Gasteiger charge is 2.15. The van der Waals surface area contributed by atoms with E-state index in [-0.39, 0.29) is 0 Å². The summed E-state index contributed by atoms with van der Waals surface area (Å²) in [6, 6.07) is 6.36. The highest BCUT2D eigenvalue weighted by Crippen LogP contribution is 2.21. The molecule has 1 saturated heterocycles. The minimum Gasteiger partial charge on any atom is -0.376 e. The van der Waals surface area contributed by atoms with E-state index in [0.29, 0.717) is 6.10 Å². The predicted octanol–water partition coefficient (Wildman–Crippen LogP) is 2.78. The van der Waals surface area contributed by atoms with Crippen LogP contribution in [0.2, 0.25) is 0 Å². The van der Waals surface area contributed by atoms with Crippen molar-refractivity contribution in [2.24, 2.45) is 0 Å². The van der Waals surface area contributed by atoms with E-state index in [2.05, 4.69) is 40.4 Å². The molecule has 1 N–H and O–H groups in total. The third kappa shape index (κ3) is 2.68. The Balaban J connectivity index is 1.84. The van der Waals surface area contributed by atoms with Gasteiger partial charge in [0.05, 0.1) is 11.6 Å². The summed E-state index contributed by atoms with van der Waals surface area (Å²) in [7, 11) is 0. The summed E-state index contributed by atoms with van der Waals surface area (Å²) in [5.74, 6) is 0.913. The number of anilines is 1. The fraction of sp³-hybridized carbons (Fsp3) is 0.467. The van der Waals surface area contributed by atoms with Crippen LogP contribution in [0.15, 0.2) is 24.5 Å². The van der Waals surface area contributed by atoms with Gasteiger partial charge < -0.3 is 10.1 Å². The molecule has 1 atom stereocenters. The molecule has 0 amide bonds. The minimum absolute atomic E-state index is 0.319. The van der Waals surface area contributed by atoms with Crippen LogP contribution in [0.5, 0.6) is 0 Å². The van der Waals surface area contributed by atoms with Gasteiger partial charge in [0.25, 0.3) is 0 Å². The smallest absolute Gasteiger partial charge is 0.137 e. The van der Waals surface area contributed by atoms with Crippen molar-refractivity contribution in [2.45, 2.75) is 32.3 Å². The fourth-order valence-electron chi connectivity index (χ4n) is 2.48. The monoisotopic (exact) mass is 257 g/mol. The number of rotatable bonds is 4. The van der Waals surface area contributed by atoms with Crippen molar-refractivity contribution in [3.63, 3.8) is 0 Å². The largest absolute Gasteiger partial charge is 0.376 e. The molecule has 19 heavy (non-hydrogen) atoms. The maximum absolute atomic E-state index is 5.63. The number of ether oxygens (including phenoxy) is 1. The topological polar surface area (TPSA) is 47.0 Å². The summed E-state index contributed by atoms with van der Waals surface area (Å²) < 4.78 is 5.63. The van der Waals surface area contributed by atoms with Crippen molar-refractivity contribution < 1.29 is 4.74 Å². The van der Waals surface area contributed by atoms with Gasteiger partial charge in [0.1, 0.15) is 12.1 Å². The Morgan fingerprint density at radius 3 is 3.11 bits per heavy atom. The molecule has 2 heterocycles. The number of fused-ring (bicyclic) bond motifs is 1. The highest BCUT2D eigenvalue weighted by molar-refractivity contribution is 5.89. The third-order valence-electron chi connectivity index (χ3n) is 3.63. The van der Waals surface area contributed by atoms with E-state index in [9.17, 15) is 0 Å². The molecule has 4 nitrogen and oxygen atoms in total. The predicted molar refractivity (Wildman–Crippen MR) is 76.4 cm³/mol. The zero-order valence-corrected chi connectivity index (χ0v) is 11.2. The van der Waals surface area contributed by atoms with E-state index in [1.807, 2.05) is 0 Å². The van der Waals surface area contributed by atoms with Crippen LogP contribution in [0.3, 0.4) is 0 Å². The second-order valence-electron chi connectivity index (χ2n) is 4.94. The lowest BCUT2D eigenvalue weighted by molar-refractivity contribution is 0.120. The van der Waals surface area contributed by atoms with Crippen molar-refractivity contribution in [1.82, 2.24) is 9.97 Å². The molecule has 1 aliphatic rings. The van der Waals surface area contributed by atoms with E-state index in [0.717, 1.165) is 49.1 Å². The molecule has 1 unspecified atom stereocenters. The molecule has 1 aromatic heterocycles. The molecule has 4 heteroatoms. The van der Waals surface area contributed by atoms with Crippen LogP contribution in [0.25, 0.3) is 10.9 Å². The Labute approximate surface area is 113 Å². The molecule has 0 radical (unpaired) electrons. The van der Waals surface area contributed by atoms with Crippen LogP contribution in [0, 0.1) is 0 Å². The van der Waals surface area contributed by atoms with Crippen LogP contribution in [0.1, 0.15) is 25.3 Å². The molecule has 1 aromatic carbocycles. The van der Waals surface area contributed by atoms with Gasteiger partial charge in [-0.3, -0.25) is 0 Å². The molecule has 0 spiro atoms. The van der Waals surface area contributed by atoms with Gasteiger partial charge in [-0.15, -0.1) is 0 Å². The van der Waals surface area contributed by atoms with Crippen molar-refractivity contribution >= 4 is 16.7 Å². The summed E-state index contributed by atoms with van der Waals surface area (Å²) in [5, 5.41) is 4.50. The van der Waals surface area contributed by atoms with Gasteiger partial charge in [0, 0.05) is 18.5 Å². The van der Waals surface area contributed by atoms with Crippen molar-refractivity contribution in [2.75, 3.05) is 18.5 Å². The Morgan fingerprint density at radius 1 is 1.37 bits per heavy atom. The van der Waals surface area contributed by atoms with Gasteiger partial charge in [-0.25, -0.2) is 9.97 Å². The third-order valence-corrected chi connectivity index (χ3v) is 3.63. The molecule has 1 fully saturated rings. The van der Waals surface area contributed by atoms with Gasteiger partial charge in [0.2, 0.25) is 0 Å². The quantitative estimate of drug-likeness (QED) is 0.915. The standard InChI is InChI=1S/C15H19N3O/c1-2-11-5-6-14-13(8-11)15(18-10-17-14)16-9-12-4-3-7-19-12/h5-6,8,10,12H,2-4,7,9H2,1H3,(H,16,17,18). The van der Waals surface area contributed by atoms with E-state index < -0.39 is 0 Å². The van der Waals surface area contributed by atoms with E-state index in [4.69, 9.17) is 4.74 Å². The molecule has 0 saturated carbocycles. The molecule has 1 aliphatic heterocycles.